The Labute approximate surface area is 214 Å². The Bertz CT molecular complexity index is 1580. The molecular weight excluding hydrogens is 496 g/mol. The molecule has 38 heavy (non-hydrogen) atoms. The van der Waals surface area contributed by atoms with Gasteiger partial charge in [-0.1, -0.05) is 12.2 Å². The number of hydrogen-bond donors (Lipinski definition) is 8. The van der Waals surface area contributed by atoms with Crippen molar-refractivity contribution >= 4 is 28.8 Å². The number of carbonyl (C=O) groups is 2. The molecule has 0 bridgehead atoms. The molecule has 0 heterocycles. The molecule has 0 aliphatic heterocycles. The van der Waals surface area contributed by atoms with Gasteiger partial charge < -0.3 is 40.9 Å². The summed E-state index contributed by atoms with van der Waals surface area (Å²) >= 11 is 0. The first-order valence-electron chi connectivity index (χ1n) is 11.2. The molecule has 0 saturated heterocycles. The zero-order valence-electron chi connectivity index (χ0n) is 19.3. The van der Waals surface area contributed by atoms with Crippen LogP contribution in [0.4, 0.5) is 0 Å². The molecule has 0 aromatic heterocycles. The molecule has 0 fully saturated rings. The van der Waals surface area contributed by atoms with E-state index in [0.717, 1.165) is 30.3 Å². The predicted octanol–water partition coefficient (Wildman–Crippen LogP) is 2.69. The van der Waals surface area contributed by atoms with Gasteiger partial charge >= 0.3 is 0 Å². The van der Waals surface area contributed by atoms with E-state index in [2.05, 4.69) is 0 Å². The number of benzene rings is 3. The van der Waals surface area contributed by atoms with Gasteiger partial charge in [-0.15, -0.1) is 0 Å². The normalized spacial score (nSPS) is 20.9. The average Bonchev–Trinajstić information content (AvgIpc) is 3.22. The fourth-order valence-electron chi connectivity index (χ4n) is 4.95. The van der Waals surface area contributed by atoms with Crippen LogP contribution in [0.5, 0.6) is 40.2 Å². The first-order valence-corrected chi connectivity index (χ1v) is 11.2. The van der Waals surface area contributed by atoms with Gasteiger partial charge in [-0.05, 0) is 70.3 Å². The molecule has 0 radical (unpaired) electrons. The number of fused-ring (bicyclic) bond motifs is 1. The number of aromatic hydroxyl groups is 7. The number of rotatable bonds is 4. The lowest BCUT2D eigenvalue weighted by atomic mass is 9.82. The van der Waals surface area contributed by atoms with Crippen LogP contribution >= 0.6 is 0 Å². The third kappa shape index (κ3) is 3.71. The maximum atomic E-state index is 13.7. The van der Waals surface area contributed by atoms with Crippen molar-refractivity contribution in [2.75, 3.05) is 0 Å². The van der Waals surface area contributed by atoms with Crippen molar-refractivity contribution in [3.8, 4) is 40.2 Å². The second-order valence-electron chi connectivity index (χ2n) is 9.04. The molecular formula is C28H20O10. The largest absolute Gasteiger partial charge is 0.508 e. The van der Waals surface area contributed by atoms with Crippen molar-refractivity contribution in [1.29, 1.82) is 0 Å². The van der Waals surface area contributed by atoms with Crippen LogP contribution in [0.3, 0.4) is 0 Å². The lowest BCUT2D eigenvalue weighted by Crippen LogP contribution is -2.45. The molecule has 10 heteroatoms. The minimum absolute atomic E-state index is 0.00584. The van der Waals surface area contributed by atoms with Crippen LogP contribution in [0.1, 0.15) is 16.7 Å². The molecule has 10 nitrogen and oxygen atoms in total. The molecule has 2 aliphatic carbocycles. The second kappa shape index (κ2) is 8.43. The molecule has 3 aromatic carbocycles. The Hall–Kier alpha value is -5.22. The highest BCUT2D eigenvalue weighted by Gasteiger charge is 2.62. The molecule has 0 saturated carbocycles. The molecule has 2 atom stereocenters. The number of ketones is 2. The number of Topliss-reactive ketones (excluding diaryl/α,β-unsaturated/α-hetero) is 1. The molecule has 8 N–H and O–H groups in total. The summed E-state index contributed by atoms with van der Waals surface area (Å²) < 4.78 is 0. The fourth-order valence-corrected chi connectivity index (χ4v) is 4.95. The first-order chi connectivity index (χ1) is 17.9. The number of carbonyl (C=O) groups excluding carboxylic acids is 2. The Balaban J connectivity index is 1.76. The summed E-state index contributed by atoms with van der Waals surface area (Å²) in [4.78, 5) is 26.8. The summed E-state index contributed by atoms with van der Waals surface area (Å²) in [6, 6.07) is 9.15. The van der Waals surface area contributed by atoms with Gasteiger partial charge in [-0.25, -0.2) is 0 Å². The van der Waals surface area contributed by atoms with Crippen LogP contribution in [0.25, 0.3) is 17.2 Å². The van der Waals surface area contributed by atoms with E-state index in [4.69, 9.17) is 0 Å². The molecule has 0 unspecified atom stereocenters. The lowest BCUT2D eigenvalue weighted by molar-refractivity contribution is -0.143. The van der Waals surface area contributed by atoms with E-state index in [-0.39, 0.29) is 50.8 Å². The van der Waals surface area contributed by atoms with Crippen molar-refractivity contribution in [3.63, 3.8) is 0 Å². The highest BCUT2D eigenvalue weighted by Crippen LogP contribution is 2.55. The zero-order valence-corrected chi connectivity index (χ0v) is 19.3. The molecule has 0 amide bonds. The maximum Gasteiger partial charge on any atom is 0.204 e. The van der Waals surface area contributed by atoms with Gasteiger partial charge in [-0.3, -0.25) is 9.59 Å². The molecule has 5 rings (SSSR count). The average molecular weight is 516 g/mol. The van der Waals surface area contributed by atoms with Crippen molar-refractivity contribution in [2.45, 2.75) is 5.60 Å². The van der Waals surface area contributed by atoms with E-state index >= 15 is 0 Å². The van der Waals surface area contributed by atoms with Crippen molar-refractivity contribution in [1.82, 2.24) is 0 Å². The summed E-state index contributed by atoms with van der Waals surface area (Å²) in [5.41, 5.74) is -2.53. The molecule has 3 aromatic rings. The minimum atomic E-state index is -2.63. The first kappa shape index (κ1) is 24.5. The number of allylic oxidation sites excluding steroid dienone is 1. The Morgan fingerprint density at radius 1 is 0.658 bits per heavy atom. The molecule has 192 valence electrons. The van der Waals surface area contributed by atoms with E-state index < -0.39 is 40.3 Å². The topological polar surface area (TPSA) is 196 Å². The van der Waals surface area contributed by atoms with Gasteiger partial charge in [0.15, 0.2) is 23.0 Å². The van der Waals surface area contributed by atoms with Crippen LogP contribution in [-0.2, 0) is 9.59 Å². The highest BCUT2D eigenvalue weighted by atomic mass is 16.3. The summed E-state index contributed by atoms with van der Waals surface area (Å²) in [5.74, 6) is -6.96. The number of phenols is 7. The van der Waals surface area contributed by atoms with Gasteiger partial charge in [0.1, 0.15) is 23.0 Å². The third-order valence-electron chi connectivity index (χ3n) is 6.52. The monoisotopic (exact) mass is 516 g/mol. The van der Waals surface area contributed by atoms with Crippen molar-refractivity contribution in [3.05, 3.63) is 82.9 Å². The van der Waals surface area contributed by atoms with Crippen LogP contribution in [-0.4, -0.2) is 58.0 Å². The van der Waals surface area contributed by atoms with Crippen molar-refractivity contribution in [2.24, 2.45) is 5.92 Å². The predicted molar refractivity (Wildman–Crippen MR) is 133 cm³/mol. The zero-order chi connectivity index (χ0) is 27.5. The second-order valence-corrected chi connectivity index (χ2v) is 9.04. The standard InChI is InChI=1S/C28H20O10/c29-16-3-12(4-17(30)10-16)1-2-13-9-22(35)28(38)25(13)23(14-5-18(31)11-19(32)6-14)24(27(28)37)15-7-20(33)26(36)21(34)8-15/h1-11,25,29-34,36,38H/b2-1+/t25-,28+/m1/s1. The number of hydrogen-bond acceptors (Lipinski definition) is 10. The van der Waals surface area contributed by atoms with Gasteiger partial charge in [0.2, 0.25) is 11.4 Å². The van der Waals surface area contributed by atoms with Crippen LogP contribution in [0.2, 0.25) is 0 Å². The Morgan fingerprint density at radius 3 is 1.74 bits per heavy atom. The summed E-state index contributed by atoms with van der Waals surface area (Å²) in [5, 5.41) is 81.3. The Kier molecular flexibility index (Phi) is 5.43. The molecule has 2 aliphatic rings. The highest BCUT2D eigenvalue weighted by molar-refractivity contribution is 6.43. The maximum absolute atomic E-state index is 13.7. The minimum Gasteiger partial charge on any atom is -0.508 e. The smallest absolute Gasteiger partial charge is 0.204 e. The summed E-state index contributed by atoms with van der Waals surface area (Å²) in [6.45, 7) is 0. The van der Waals surface area contributed by atoms with E-state index in [1.54, 1.807) is 0 Å². The van der Waals surface area contributed by atoms with Gasteiger partial charge in [0, 0.05) is 17.7 Å². The van der Waals surface area contributed by atoms with E-state index in [0.29, 0.717) is 5.56 Å². The van der Waals surface area contributed by atoms with Crippen LogP contribution in [0.15, 0.2) is 66.3 Å². The fraction of sp³-hybridized carbons (Fsp3) is 0.0714. The number of aliphatic hydroxyl groups is 1. The van der Waals surface area contributed by atoms with Gasteiger partial charge in [-0.2, -0.15) is 0 Å². The van der Waals surface area contributed by atoms with Crippen LogP contribution < -0.4 is 0 Å². The third-order valence-corrected chi connectivity index (χ3v) is 6.52. The molecule has 0 spiro atoms. The summed E-state index contributed by atoms with van der Waals surface area (Å²) in [6.07, 6.45) is 3.90. The van der Waals surface area contributed by atoms with Gasteiger partial charge in [0.05, 0.1) is 5.92 Å². The van der Waals surface area contributed by atoms with Crippen molar-refractivity contribution < 1.29 is 50.4 Å². The van der Waals surface area contributed by atoms with Gasteiger partial charge in [0.25, 0.3) is 0 Å². The number of phenolic OH excluding ortho intramolecular Hbond substituents is 7. The quantitative estimate of drug-likeness (QED) is 0.189. The lowest BCUT2D eigenvalue weighted by Gasteiger charge is -2.23. The van der Waals surface area contributed by atoms with Crippen LogP contribution in [0, 0.1) is 5.92 Å². The SMILES string of the molecule is O=C1C=C(/C=C/c2cc(O)cc(O)c2)[C@@H]2C(c3cc(O)cc(O)c3)=C(c3cc(O)c(O)c(O)c3)C(=O)[C@]12O. The Morgan fingerprint density at radius 2 is 1.18 bits per heavy atom. The van der Waals surface area contributed by atoms with E-state index in [9.17, 15) is 50.4 Å². The van der Waals surface area contributed by atoms with E-state index in [1.807, 2.05) is 0 Å². The van der Waals surface area contributed by atoms with E-state index in [1.165, 1.54) is 36.4 Å². The summed E-state index contributed by atoms with van der Waals surface area (Å²) in [7, 11) is 0.